The molecule has 0 amide bonds. The molecule has 1 fully saturated rings. The van der Waals surface area contributed by atoms with Gasteiger partial charge in [0.15, 0.2) is 0 Å². The van der Waals surface area contributed by atoms with E-state index in [2.05, 4.69) is 0 Å². The summed E-state index contributed by atoms with van der Waals surface area (Å²) in [4.78, 5) is 9.93. The molecule has 1 N–H and O–H groups in total. The van der Waals surface area contributed by atoms with Crippen LogP contribution in [0.15, 0.2) is 24.3 Å². The smallest absolute Gasteiger partial charge is 0.269 e. The Bertz CT molecular complexity index is 356. The van der Waals surface area contributed by atoms with Crippen LogP contribution in [0.25, 0.3) is 0 Å². The van der Waals surface area contributed by atoms with E-state index in [0.717, 1.165) is 0 Å². The molecule has 0 radical (unpaired) electrons. The minimum absolute atomic E-state index is 0.0430. The van der Waals surface area contributed by atoms with Gasteiger partial charge in [-0.3, -0.25) is 10.1 Å². The van der Waals surface area contributed by atoms with Gasteiger partial charge in [-0.2, -0.15) is 0 Å². The second-order valence-electron chi connectivity index (χ2n) is 3.62. The summed E-state index contributed by atoms with van der Waals surface area (Å²) in [5, 5.41) is 19.4. The first kappa shape index (κ1) is 9.92. The van der Waals surface area contributed by atoms with Crippen LogP contribution in [-0.2, 0) is 0 Å². The zero-order valence-electron chi connectivity index (χ0n) is 8.00. The van der Waals surface area contributed by atoms with Gasteiger partial charge >= 0.3 is 0 Å². The molecule has 15 heavy (non-hydrogen) atoms. The van der Waals surface area contributed by atoms with Crippen LogP contribution in [0.3, 0.4) is 0 Å². The zero-order valence-corrected chi connectivity index (χ0v) is 8.00. The van der Waals surface area contributed by atoms with Crippen LogP contribution in [0.4, 0.5) is 5.69 Å². The molecule has 1 aliphatic carbocycles. The van der Waals surface area contributed by atoms with E-state index in [1.54, 1.807) is 12.1 Å². The lowest BCUT2D eigenvalue weighted by Crippen LogP contribution is -2.37. The lowest BCUT2D eigenvalue weighted by molar-refractivity contribution is -0.384. The Morgan fingerprint density at radius 1 is 1.33 bits per heavy atom. The lowest BCUT2D eigenvalue weighted by Gasteiger charge is -2.31. The van der Waals surface area contributed by atoms with Gasteiger partial charge < -0.3 is 9.84 Å². The van der Waals surface area contributed by atoms with Crippen molar-refractivity contribution in [2.24, 2.45) is 0 Å². The molecule has 80 valence electrons. The highest BCUT2D eigenvalue weighted by molar-refractivity contribution is 5.36. The van der Waals surface area contributed by atoms with Gasteiger partial charge in [0.25, 0.3) is 5.69 Å². The van der Waals surface area contributed by atoms with Crippen molar-refractivity contribution >= 4 is 5.69 Å². The fourth-order valence-corrected chi connectivity index (χ4v) is 1.47. The first-order valence-electron chi connectivity index (χ1n) is 4.74. The highest BCUT2D eigenvalue weighted by Crippen LogP contribution is 2.26. The molecule has 1 aliphatic rings. The summed E-state index contributed by atoms with van der Waals surface area (Å²) < 4.78 is 5.47. The average Bonchev–Trinajstić information content (AvgIpc) is 2.16. The normalized spacial score (nSPS) is 24.3. The van der Waals surface area contributed by atoms with Crippen molar-refractivity contribution in [1.29, 1.82) is 0 Å². The highest BCUT2D eigenvalue weighted by Gasteiger charge is 2.28. The summed E-state index contributed by atoms with van der Waals surface area (Å²) in [6.45, 7) is 0. The number of non-ortho nitro benzene ring substituents is 1. The number of nitro benzene ring substituents is 1. The van der Waals surface area contributed by atoms with Crippen LogP contribution in [0.1, 0.15) is 12.8 Å². The molecule has 5 nitrogen and oxygen atoms in total. The van der Waals surface area contributed by atoms with Gasteiger partial charge in [-0.05, 0) is 12.1 Å². The van der Waals surface area contributed by atoms with Crippen molar-refractivity contribution in [3.63, 3.8) is 0 Å². The molecule has 0 unspecified atom stereocenters. The highest BCUT2D eigenvalue weighted by atomic mass is 16.6. The zero-order chi connectivity index (χ0) is 10.8. The molecule has 0 spiro atoms. The van der Waals surface area contributed by atoms with E-state index in [-0.39, 0.29) is 17.9 Å². The molecule has 0 bridgehead atoms. The Labute approximate surface area is 86.4 Å². The predicted molar refractivity (Wildman–Crippen MR) is 52.8 cm³/mol. The summed E-state index contributed by atoms with van der Waals surface area (Å²) in [5.41, 5.74) is 0.0518. The predicted octanol–water partition coefficient (Wildman–Crippen LogP) is 1.50. The summed E-state index contributed by atoms with van der Waals surface area (Å²) in [5.74, 6) is 0.609. The SMILES string of the molecule is O=[N+]([O-])c1ccc(O[C@H]2C[C@H](O)C2)cc1. The van der Waals surface area contributed by atoms with Crippen LogP contribution < -0.4 is 4.74 Å². The second-order valence-corrected chi connectivity index (χ2v) is 3.62. The lowest BCUT2D eigenvalue weighted by atomic mass is 9.92. The van der Waals surface area contributed by atoms with Crippen LogP contribution in [0.5, 0.6) is 5.75 Å². The van der Waals surface area contributed by atoms with Gasteiger partial charge in [-0.15, -0.1) is 0 Å². The standard InChI is InChI=1S/C10H11NO4/c12-8-5-10(6-8)15-9-3-1-7(2-4-9)11(13)14/h1-4,8,10,12H,5-6H2/t8-,10-. The van der Waals surface area contributed by atoms with Crippen LogP contribution >= 0.6 is 0 Å². The van der Waals surface area contributed by atoms with E-state index < -0.39 is 4.92 Å². The number of nitrogens with zero attached hydrogens (tertiary/aromatic N) is 1. The number of aliphatic hydroxyl groups is 1. The van der Waals surface area contributed by atoms with Gasteiger partial charge in [0, 0.05) is 25.0 Å². The maximum atomic E-state index is 10.4. The monoisotopic (exact) mass is 209 g/mol. The van der Waals surface area contributed by atoms with Crippen molar-refractivity contribution < 1.29 is 14.8 Å². The van der Waals surface area contributed by atoms with E-state index in [9.17, 15) is 10.1 Å². The quantitative estimate of drug-likeness (QED) is 0.604. The van der Waals surface area contributed by atoms with Crippen molar-refractivity contribution in [3.8, 4) is 5.75 Å². The molecule has 5 heteroatoms. The van der Waals surface area contributed by atoms with Gasteiger partial charge in [0.05, 0.1) is 11.0 Å². The van der Waals surface area contributed by atoms with Gasteiger partial charge in [0.1, 0.15) is 11.9 Å². The van der Waals surface area contributed by atoms with E-state index in [4.69, 9.17) is 9.84 Å². The van der Waals surface area contributed by atoms with E-state index in [1.807, 2.05) is 0 Å². The van der Waals surface area contributed by atoms with Gasteiger partial charge in [0.2, 0.25) is 0 Å². The Morgan fingerprint density at radius 2 is 1.93 bits per heavy atom. The fraction of sp³-hybridized carbons (Fsp3) is 0.400. The summed E-state index contributed by atoms with van der Waals surface area (Å²) in [7, 11) is 0. The maximum Gasteiger partial charge on any atom is 0.269 e. The number of ether oxygens (including phenoxy) is 1. The summed E-state index contributed by atoms with van der Waals surface area (Å²) >= 11 is 0. The molecule has 1 aromatic rings. The first-order chi connectivity index (χ1) is 7.15. The van der Waals surface area contributed by atoms with Crippen LogP contribution in [-0.4, -0.2) is 22.2 Å². The molecule has 1 aromatic carbocycles. The molecule has 1 saturated carbocycles. The van der Waals surface area contributed by atoms with E-state index in [0.29, 0.717) is 18.6 Å². The average molecular weight is 209 g/mol. The number of aliphatic hydroxyl groups excluding tert-OH is 1. The van der Waals surface area contributed by atoms with Crippen LogP contribution in [0, 0.1) is 10.1 Å². The Balaban J connectivity index is 1.95. The van der Waals surface area contributed by atoms with Crippen molar-refractivity contribution in [2.45, 2.75) is 25.0 Å². The molecule has 0 atom stereocenters. The third-order valence-corrected chi connectivity index (χ3v) is 2.42. The number of benzene rings is 1. The molecular formula is C10H11NO4. The molecular weight excluding hydrogens is 198 g/mol. The number of hydrogen-bond donors (Lipinski definition) is 1. The third kappa shape index (κ3) is 2.24. The number of hydrogen-bond acceptors (Lipinski definition) is 4. The number of rotatable bonds is 3. The molecule has 0 aliphatic heterocycles. The number of nitro groups is 1. The fourth-order valence-electron chi connectivity index (χ4n) is 1.47. The van der Waals surface area contributed by atoms with Crippen molar-refractivity contribution in [3.05, 3.63) is 34.4 Å². The molecule has 0 heterocycles. The molecule has 2 rings (SSSR count). The summed E-state index contributed by atoms with van der Waals surface area (Å²) in [6.07, 6.45) is 1.06. The molecule has 0 saturated heterocycles. The Kier molecular flexibility index (Phi) is 2.55. The largest absolute Gasteiger partial charge is 0.490 e. The second kappa shape index (κ2) is 3.86. The minimum atomic E-state index is -0.448. The Hall–Kier alpha value is -1.62. The summed E-state index contributed by atoms with van der Waals surface area (Å²) in [6, 6.07) is 5.96. The maximum absolute atomic E-state index is 10.4. The molecule has 0 aromatic heterocycles. The Morgan fingerprint density at radius 3 is 2.40 bits per heavy atom. The third-order valence-electron chi connectivity index (χ3n) is 2.42. The van der Waals surface area contributed by atoms with Crippen molar-refractivity contribution in [1.82, 2.24) is 0 Å². The van der Waals surface area contributed by atoms with Crippen molar-refractivity contribution in [2.75, 3.05) is 0 Å². The topological polar surface area (TPSA) is 72.6 Å². The van der Waals surface area contributed by atoms with Gasteiger partial charge in [-0.1, -0.05) is 0 Å². The first-order valence-corrected chi connectivity index (χ1v) is 4.74. The van der Waals surface area contributed by atoms with E-state index in [1.165, 1.54) is 12.1 Å². The van der Waals surface area contributed by atoms with Gasteiger partial charge in [-0.25, -0.2) is 0 Å². The minimum Gasteiger partial charge on any atom is -0.490 e. The van der Waals surface area contributed by atoms with E-state index >= 15 is 0 Å². The van der Waals surface area contributed by atoms with Crippen LogP contribution in [0.2, 0.25) is 0 Å².